The summed E-state index contributed by atoms with van der Waals surface area (Å²) in [6.45, 7) is 2.97. The van der Waals surface area contributed by atoms with Crippen molar-refractivity contribution in [3.05, 3.63) is 30.4 Å². The maximum Gasteiger partial charge on any atom is 0.193 e. The third-order valence-electron chi connectivity index (χ3n) is 2.18. The molecule has 7 heteroatoms. The van der Waals surface area contributed by atoms with E-state index in [0.717, 1.165) is 10.8 Å². The lowest BCUT2D eigenvalue weighted by atomic mass is 10.5. The van der Waals surface area contributed by atoms with Gasteiger partial charge in [0, 0.05) is 32.1 Å². The van der Waals surface area contributed by atoms with Crippen molar-refractivity contribution in [2.75, 3.05) is 19.0 Å². The Morgan fingerprint density at radius 2 is 2.05 bits per heavy atom. The summed E-state index contributed by atoms with van der Waals surface area (Å²) >= 11 is 1.40. The van der Waals surface area contributed by atoms with Crippen LogP contribution in [-0.2, 0) is 11.3 Å². The van der Waals surface area contributed by atoms with Crippen LogP contribution >= 0.6 is 11.8 Å². The van der Waals surface area contributed by atoms with E-state index in [2.05, 4.69) is 25.3 Å². The van der Waals surface area contributed by atoms with Crippen LogP contribution in [-0.4, -0.2) is 33.6 Å². The fourth-order valence-corrected chi connectivity index (χ4v) is 2.08. The van der Waals surface area contributed by atoms with Crippen LogP contribution in [0.5, 0.6) is 0 Å². The van der Waals surface area contributed by atoms with Crippen LogP contribution < -0.4 is 5.32 Å². The number of hydrogen-bond donors (Lipinski definition) is 1. The third kappa shape index (κ3) is 4.15. The molecular weight excluding hydrogens is 262 g/mol. The molecule has 2 aromatic heterocycles. The maximum atomic E-state index is 5.33. The molecule has 0 atom stereocenters. The Labute approximate surface area is 116 Å². The number of anilines is 1. The molecule has 0 saturated carbocycles. The smallest absolute Gasteiger partial charge is 0.193 e. The summed E-state index contributed by atoms with van der Waals surface area (Å²) in [6, 6.07) is 3.64. The molecular formula is C12H15N5OS. The molecule has 0 spiro atoms. The fourth-order valence-electron chi connectivity index (χ4n) is 1.34. The van der Waals surface area contributed by atoms with Crippen molar-refractivity contribution in [2.45, 2.75) is 23.7 Å². The first kappa shape index (κ1) is 13.7. The molecule has 6 nitrogen and oxygen atoms in total. The summed E-state index contributed by atoms with van der Waals surface area (Å²) in [5, 5.41) is 4.46. The highest BCUT2D eigenvalue weighted by molar-refractivity contribution is 7.99. The summed E-state index contributed by atoms with van der Waals surface area (Å²) in [5.74, 6) is 1.40. The van der Waals surface area contributed by atoms with Gasteiger partial charge in [-0.25, -0.2) is 19.9 Å². The Balaban J connectivity index is 2.19. The number of aromatic nitrogens is 4. The average Bonchev–Trinajstić information content (AvgIpc) is 2.46. The third-order valence-corrected chi connectivity index (χ3v) is 2.99. The molecule has 0 aliphatic rings. The van der Waals surface area contributed by atoms with Crippen molar-refractivity contribution in [2.24, 2.45) is 0 Å². The van der Waals surface area contributed by atoms with Gasteiger partial charge >= 0.3 is 0 Å². The Morgan fingerprint density at radius 1 is 1.26 bits per heavy atom. The Bertz CT molecular complexity index is 523. The molecule has 2 rings (SSSR count). The number of hydrogen-bond acceptors (Lipinski definition) is 7. The fraction of sp³-hybridized carbons (Fsp3) is 0.333. The number of rotatable bonds is 6. The summed E-state index contributed by atoms with van der Waals surface area (Å²) < 4.78 is 5.33. The van der Waals surface area contributed by atoms with Gasteiger partial charge in [0.2, 0.25) is 0 Å². The lowest BCUT2D eigenvalue weighted by Crippen LogP contribution is -2.03. The number of nitrogens with one attached hydrogen (secondary N) is 1. The Hall–Kier alpha value is -1.73. The van der Waals surface area contributed by atoms with Gasteiger partial charge in [-0.15, -0.1) is 0 Å². The van der Waals surface area contributed by atoms with Gasteiger partial charge in [-0.05, 0) is 24.8 Å². The van der Waals surface area contributed by atoms with E-state index in [-0.39, 0.29) is 0 Å². The van der Waals surface area contributed by atoms with Crippen LogP contribution in [0.1, 0.15) is 12.7 Å². The minimum atomic E-state index is 0.398. The number of nitrogens with zero attached hydrogens (tertiary/aromatic N) is 4. The highest BCUT2D eigenvalue weighted by Gasteiger charge is 2.07. The van der Waals surface area contributed by atoms with Crippen LogP contribution in [0, 0.1) is 0 Å². The van der Waals surface area contributed by atoms with Crippen molar-refractivity contribution in [1.29, 1.82) is 0 Å². The summed E-state index contributed by atoms with van der Waals surface area (Å²) in [4.78, 5) is 17.1. The minimum Gasteiger partial charge on any atom is -0.374 e. The van der Waals surface area contributed by atoms with Crippen LogP contribution in [0.15, 0.2) is 34.7 Å². The molecule has 0 fully saturated rings. The lowest BCUT2D eigenvalue weighted by Gasteiger charge is -2.06. The van der Waals surface area contributed by atoms with Crippen molar-refractivity contribution in [1.82, 2.24) is 19.9 Å². The molecule has 0 bridgehead atoms. The van der Waals surface area contributed by atoms with E-state index in [1.54, 1.807) is 18.5 Å². The van der Waals surface area contributed by atoms with Crippen molar-refractivity contribution < 1.29 is 4.74 Å². The second-order valence-electron chi connectivity index (χ2n) is 3.53. The summed E-state index contributed by atoms with van der Waals surface area (Å²) in [6.07, 6.45) is 3.41. The standard InChI is InChI=1S/C12H15N5OS/c1-3-18-8-10-16-9(13-2)7-11(17-10)19-12-14-5-4-6-15-12/h4-7H,3,8H2,1-2H3,(H,13,16,17). The topological polar surface area (TPSA) is 72.8 Å². The van der Waals surface area contributed by atoms with Crippen LogP contribution in [0.3, 0.4) is 0 Å². The van der Waals surface area contributed by atoms with Crippen LogP contribution in [0.4, 0.5) is 5.82 Å². The first-order chi connectivity index (χ1) is 9.31. The van der Waals surface area contributed by atoms with Crippen molar-refractivity contribution in [3.63, 3.8) is 0 Å². The van der Waals surface area contributed by atoms with Gasteiger partial charge in [-0.3, -0.25) is 0 Å². The normalized spacial score (nSPS) is 10.4. The first-order valence-corrected chi connectivity index (χ1v) is 6.71. The van der Waals surface area contributed by atoms with Gasteiger partial charge in [0.15, 0.2) is 11.0 Å². The van der Waals surface area contributed by atoms with E-state index in [1.807, 2.05) is 20.0 Å². The maximum absolute atomic E-state index is 5.33. The van der Waals surface area contributed by atoms with Gasteiger partial charge in [0.1, 0.15) is 17.5 Å². The molecule has 2 aromatic rings. The molecule has 19 heavy (non-hydrogen) atoms. The van der Waals surface area contributed by atoms with Crippen molar-refractivity contribution in [3.8, 4) is 0 Å². The molecule has 100 valence electrons. The zero-order chi connectivity index (χ0) is 13.5. The Kier molecular flexibility index (Phi) is 5.05. The zero-order valence-corrected chi connectivity index (χ0v) is 11.6. The first-order valence-electron chi connectivity index (χ1n) is 5.90. The second kappa shape index (κ2) is 7.01. The molecule has 2 heterocycles. The predicted octanol–water partition coefficient (Wildman–Crippen LogP) is 2.00. The van der Waals surface area contributed by atoms with E-state index in [9.17, 15) is 0 Å². The monoisotopic (exact) mass is 277 g/mol. The van der Waals surface area contributed by atoms with Gasteiger partial charge in [-0.2, -0.15) is 0 Å². The van der Waals surface area contributed by atoms with E-state index >= 15 is 0 Å². The summed E-state index contributed by atoms with van der Waals surface area (Å²) in [7, 11) is 1.82. The molecule has 0 aliphatic heterocycles. The molecule has 1 N–H and O–H groups in total. The van der Waals surface area contributed by atoms with Gasteiger partial charge in [0.05, 0.1) is 0 Å². The molecule has 0 aliphatic carbocycles. The van der Waals surface area contributed by atoms with E-state index < -0.39 is 0 Å². The zero-order valence-electron chi connectivity index (χ0n) is 10.8. The second-order valence-corrected chi connectivity index (χ2v) is 4.52. The van der Waals surface area contributed by atoms with Gasteiger partial charge in [-0.1, -0.05) is 0 Å². The van der Waals surface area contributed by atoms with Crippen molar-refractivity contribution >= 4 is 17.6 Å². The molecule has 0 radical (unpaired) electrons. The van der Waals surface area contributed by atoms with Crippen LogP contribution in [0.2, 0.25) is 0 Å². The SMILES string of the molecule is CCOCc1nc(NC)cc(Sc2ncccn2)n1. The van der Waals surface area contributed by atoms with Gasteiger partial charge < -0.3 is 10.1 Å². The van der Waals surface area contributed by atoms with E-state index in [4.69, 9.17) is 4.74 Å². The van der Waals surface area contributed by atoms with Crippen LogP contribution in [0.25, 0.3) is 0 Å². The Morgan fingerprint density at radius 3 is 2.74 bits per heavy atom. The summed E-state index contributed by atoms with van der Waals surface area (Å²) in [5.41, 5.74) is 0. The largest absolute Gasteiger partial charge is 0.374 e. The number of ether oxygens (including phenoxy) is 1. The molecule has 0 unspecified atom stereocenters. The molecule has 0 amide bonds. The molecule has 0 saturated heterocycles. The van der Waals surface area contributed by atoms with E-state index in [0.29, 0.717) is 24.2 Å². The minimum absolute atomic E-state index is 0.398. The molecule has 0 aromatic carbocycles. The highest BCUT2D eigenvalue weighted by atomic mass is 32.2. The highest BCUT2D eigenvalue weighted by Crippen LogP contribution is 2.24. The predicted molar refractivity (Wildman–Crippen MR) is 73.1 cm³/mol. The lowest BCUT2D eigenvalue weighted by molar-refractivity contribution is 0.128. The quantitative estimate of drug-likeness (QED) is 0.639. The van der Waals surface area contributed by atoms with E-state index in [1.165, 1.54) is 11.8 Å². The van der Waals surface area contributed by atoms with Gasteiger partial charge in [0.25, 0.3) is 0 Å². The average molecular weight is 277 g/mol.